The summed E-state index contributed by atoms with van der Waals surface area (Å²) in [6.07, 6.45) is 3.60. The minimum Gasteiger partial charge on any atom is -0.457 e. The van der Waals surface area contributed by atoms with Crippen molar-refractivity contribution in [1.82, 2.24) is 5.32 Å². The molecule has 2 rings (SSSR count). The second kappa shape index (κ2) is 8.20. The van der Waals surface area contributed by atoms with Crippen molar-refractivity contribution < 1.29 is 4.74 Å². The predicted molar refractivity (Wildman–Crippen MR) is 92.0 cm³/mol. The summed E-state index contributed by atoms with van der Waals surface area (Å²) < 4.78 is 7.08. The van der Waals surface area contributed by atoms with Gasteiger partial charge in [-0.05, 0) is 55.8 Å². The third kappa shape index (κ3) is 4.87. The number of halogens is 1. The molecule has 0 fully saturated rings. The van der Waals surface area contributed by atoms with E-state index in [4.69, 9.17) is 4.74 Å². The van der Waals surface area contributed by atoms with Crippen molar-refractivity contribution in [2.24, 2.45) is 0 Å². The number of aryl methyl sites for hydroxylation is 1. The number of hydrogen-bond donors (Lipinski definition) is 1. The van der Waals surface area contributed by atoms with Crippen molar-refractivity contribution in [3.8, 4) is 11.5 Å². The highest BCUT2D eigenvalue weighted by Crippen LogP contribution is 2.28. The number of benzene rings is 2. The van der Waals surface area contributed by atoms with E-state index in [1.165, 1.54) is 18.4 Å². The van der Waals surface area contributed by atoms with Crippen LogP contribution in [-0.4, -0.2) is 7.05 Å². The Morgan fingerprint density at radius 1 is 1.10 bits per heavy atom. The number of nitrogens with one attached hydrogen (secondary N) is 1. The molecule has 0 amide bonds. The van der Waals surface area contributed by atoms with Gasteiger partial charge in [0, 0.05) is 16.6 Å². The van der Waals surface area contributed by atoms with E-state index in [1.807, 2.05) is 19.2 Å². The molecule has 3 heteroatoms. The van der Waals surface area contributed by atoms with Crippen LogP contribution in [0.2, 0.25) is 0 Å². The van der Waals surface area contributed by atoms with E-state index in [2.05, 4.69) is 58.5 Å². The predicted octanol–water partition coefficient (Wildman–Crippen LogP) is 5.30. The summed E-state index contributed by atoms with van der Waals surface area (Å²) in [5.74, 6) is 1.78. The lowest BCUT2D eigenvalue weighted by atomic mass is 10.1. The quantitative estimate of drug-likeness (QED) is 0.733. The standard InChI is InChI=1S/C18H22BrNO/c1-3-4-5-14-6-9-17(10-7-14)21-18-11-8-16(19)12-15(18)13-20-2/h6-12,20H,3-5,13H2,1-2H3. The number of ether oxygens (including phenoxy) is 1. The summed E-state index contributed by atoms with van der Waals surface area (Å²) in [6.45, 7) is 3.00. The van der Waals surface area contributed by atoms with Gasteiger partial charge in [-0.3, -0.25) is 0 Å². The average molecular weight is 348 g/mol. The molecule has 0 spiro atoms. The normalized spacial score (nSPS) is 10.6. The molecule has 2 aromatic carbocycles. The van der Waals surface area contributed by atoms with E-state index in [-0.39, 0.29) is 0 Å². The Morgan fingerprint density at radius 2 is 1.86 bits per heavy atom. The highest BCUT2D eigenvalue weighted by Gasteiger charge is 2.05. The van der Waals surface area contributed by atoms with E-state index in [0.717, 1.165) is 34.5 Å². The summed E-state index contributed by atoms with van der Waals surface area (Å²) >= 11 is 3.50. The molecule has 2 nitrogen and oxygen atoms in total. The first-order valence-electron chi connectivity index (χ1n) is 7.42. The Morgan fingerprint density at radius 3 is 2.52 bits per heavy atom. The topological polar surface area (TPSA) is 21.3 Å². The summed E-state index contributed by atoms with van der Waals surface area (Å²) in [7, 11) is 1.94. The van der Waals surface area contributed by atoms with Gasteiger partial charge in [-0.25, -0.2) is 0 Å². The Labute approximate surface area is 135 Å². The van der Waals surface area contributed by atoms with Crippen LogP contribution in [-0.2, 0) is 13.0 Å². The molecular weight excluding hydrogens is 326 g/mol. The minimum atomic E-state index is 0.781. The van der Waals surface area contributed by atoms with E-state index in [1.54, 1.807) is 0 Å². The van der Waals surface area contributed by atoms with Gasteiger partial charge in [0.2, 0.25) is 0 Å². The SMILES string of the molecule is CCCCc1ccc(Oc2ccc(Br)cc2CNC)cc1. The number of hydrogen-bond acceptors (Lipinski definition) is 2. The minimum absolute atomic E-state index is 0.781. The van der Waals surface area contributed by atoms with E-state index >= 15 is 0 Å². The van der Waals surface area contributed by atoms with Crippen LogP contribution < -0.4 is 10.1 Å². The summed E-state index contributed by atoms with van der Waals surface area (Å²) in [6, 6.07) is 14.5. The van der Waals surface area contributed by atoms with Gasteiger partial charge < -0.3 is 10.1 Å². The lowest BCUT2D eigenvalue weighted by molar-refractivity contribution is 0.474. The molecule has 0 saturated heterocycles. The fourth-order valence-electron chi connectivity index (χ4n) is 2.21. The average Bonchev–Trinajstić information content (AvgIpc) is 2.49. The zero-order chi connectivity index (χ0) is 15.1. The van der Waals surface area contributed by atoms with Crippen LogP contribution in [0.3, 0.4) is 0 Å². The molecule has 1 N–H and O–H groups in total. The first-order chi connectivity index (χ1) is 10.2. The third-order valence-corrected chi connectivity index (χ3v) is 3.85. The van der Waals surface area contributed by atoms with Crippen LogP contribution in [0, 0.1) is 0 Å². The van der Waals surface area contributed by atoms with Gasteiger partial charge in [0.25, 0.3) is 0 Å². The molecule has 0 bridgehead atoms. The fourth-order valence-corrected chi connectivity index (χ4v) is 2.62. The lowest BCUT2D eigenvalue weighted by Gasteiger charge is -2.12. The second-order valence-electron chi connectivity index (χ2n) is 5.13. The van der Waals surface area contributed by atoms with Crippen molar-refractivity contribution >= 4 is 15.9 Å². The molecule has 0 saturated carbocycles. The van der Waals surface area contributed by atoms with E-state index < -0.39 is 0 Å². The maximum absolute atomic E-state index is 6.02. The molecule has 0 aliphatic rings. The molecule has 0 aromatic heterocycles. The van der Waals surface area contributed by atoms with E-state index in [0.29, 0.717) is 0 Å². The molecular formula is C18H22BrNO. The Balaban J connectivity index is 2.10. The zero-order valence-corrected chi connectivity index (χ0v) is 14.2. The molecule has 0 aliphatic carbocycles. The largest absolute Gasteiger partial charge is 0.457 e. The molecule has 21 heavy (non-hydrogen) atoms. The van der Waals surface area contributed by atoms with Crippen molar-refractivity contribution in [1.29, 1.82) is 0 Å². The third-order valence-electron chi connectivity index (χ3n) is 3.36. The zero-order valence-electron chi connectivity index (χ0n) is 12.7. The Kier molecular flexibility index (Phi) is 6.27. The fraction of sp³-hybridized carbons (Fsp3) is 0.333. The van der Waals surface area contributed by atoms with Gasteiger partial charge in [0.1, 0.15) is 11.5 Å². The van der Waals surface area contributed by atoms with E-state index in [9.17, 15) is 0 Å². The Hall–Kier alpha value is -1.32. The van der Waals surface area contributed by atoms with Crippen molar-refractivity contribution in [2.45, 2.75) is 32.7 Å². The number of unbranched alkanes of at least 4 members (excludes halogenated alkanes) is 1. The first kappa shape index (κ1) is 16.1. The highest BCUT2D eigenvalue weighted by molar-refractivity contribution is 9.10. The van der Waals surface area contributed by atoms with Crippen LogP contribution >= 0.6 is 15.9 Å². The summed E-state index contributed by atoms with van der Waals surface area (Å²) in [5.41, 5.74) is 2.51. The van der Waals surface area contributed by atoms with Crippen molar-refractivity contribution in [3.63, 3.8) is 0 Å². The van der Waals surface area contributed by atoms with Gasteiger partial charge in [-0.2, -0.15) is 0 Å². The summed E-state index contributed by atoms with van der Waals surface area (Å²) in [4.78, 5) is 0. The van der Waals surface area contributed by atoms with Crippen LogP contribution in [0.1, 0.15) is 30.9 Å². The maximum atomic E-state index is 6.02. The molecule has 0 aliphatic heterocycles. The highest BCUT2D eigenvalue weighted by atomic mass is 79.9. The van der Waals surface area contributed by atoms with Crippen LogP contribution in [0.5, 0.6) is 11.5 Å². The van der Waals surface area contributed by atoms with Gasteiger partial charge in [-0.1, -0.05) is 41.4 Å². The van der Waals surface area contributed by atoms with Gasteiger partial charge in [-0.15, -0.1) is 0 Å². The molecule has 0 radical (unpaired) electrons. The first-order valence-corrected chi connectivity index (χ1v) is 8.22. The molecule has 0 heterocycles. The smallest absolute Gasteiger partial charge is 0.131 e. The maximum Gasteiger partial charge on any atom is 0.131 e. The second-order valence-corrected chi connectivity index (χ2v) is 6.05. The van der Waals surface area contributed by atoms with Gasteiger partial charge in [0.05, 0.1) is 0 Å². The number of rotatable bonds is 7. The Bertz CT molecular complexity index is 566. The van der Waals surface area contributed by atoms with Crippen molar-refractivity contribution in [2.75, 3.05) is 7.05 Å². The molecule has 0 atom stereocenters. The van der Waals surface area contributed by atoms with Crippen LogP contribution in [0.25, 0.3) is 0 Å². The van der Waals surface area contributed by atoms with Crippen LogP contribution in [0.4, 0.5) is 0 Å². The van der Waals surface area contributed by atoms with Crippen LogP contribution in [0.15, 0.2) is 46.9 Å². The molecule has 2 aromatic rings. The van der Waals surface area contributed by atoms with Gasteiger partial charge >= 0.3 is 0 Å². The summed E-state index contributed by atoms with van der Waals surface area (Å²) in [5, 5.41) is 3.17. The molecule has 112 valence electrons. The lowest BCUT2D eigenvalue weighted by Crippen LogP contribution is -2.06. The van der Waals surface area contributed by atoms with Crippen molar-refractivity contribution in [3.05, 3.63) is 58.1 Å². The van der Waals surface area contributed by atoms with Gasteiger partial charge in [0.15, 0.2) is 0 Å². The molecule has 0 unspecified atom stereocenters. The monoisotopic (exact) mass is 347 g/mol.